The summed E-state index contributed by atoms with van der Waals surface area (Å²) >= 11 is 0. The number of nitrogens with zero attached hydrogens (tertiary/aromatic N) is 2. The summed E-state index contributed by atoms with van der Waals surface area (Å²) in [5.41, 5.74) is 0.739. The number of ether oxygens (including phenoxy) is 1. The van der Waals surface area contributed by atoms with Crippen molar-refractivity contribution in [2.24, 2.45) is 0 Å². The lowest BCUT2D eigenvalue weighted by Crippen LogP contribution is -2.52. The van der Waals surface area contributed by atoms with E-state index in [1.807, 2.05) is 13.8 Å². The molecular weight excluding hydrogens is 276 g/mol. The molecule has 7 nitrogen and oxygen atoms in total. The van der Waals surface area contributed by atoms with Gasteiger partial charge in [0.05, 0.1) is 18.9 Å². The van der Waals surface area contributed by atoms with E-state index in [1.54, 1.807) is 6.07 Å². The number of carbonyl (C=O) groups is 2. The Bertz CT molecular complexity index is 509. The highest BCUT2D eigenvalue weighted by Gasteiger charge is 2.35. The van der Waals surface area contributed by atoms with Crippen LogP contribution in [0.3, 0.4) is 0 Å². The summed E-state index contributed by atoms with van der Waals surface area (Å²) in [6, 6.07) is 0.641. The van der Waals surface area contributed by atoms with Crippen molar-refractivity contribution in [1.29, 1.82) is 0 Å². The van der Waals surface area contributed by atoms with Gasteiger partial charge in [-0.1, -0.05) is 19.0 Å². The van der Waals surface area contributed by atoms with Crippen molar-refractivity contribution in [3.05, 3.63) is 17.5 Å². The predicted molar refractivity (Wildman–Crippen MR) is 73.1 cm³/mol. The summed E-state index contributed by atoms with van der Waals surface area (Å²) in [7, 11) is 0. The van der Waals surface area contributed by atoms with Crippen LogP contribution in [0, 0.1) is 0 Å². The van der Waals surface area contributed by atoms with Crippen LogP contribution in [-0.2, 0) is 9.53 Å². The average Bonchev–Trinajstić information content (AvgIpc) is 2.97. The molecule has 1 unspecified atom stereocenters. The number of carboxylic acid groups (broad SMARTS) is 1. The molecule has 1 fully saturated rings. The molecule has 0 aliphatic carbocycles. The van der Waals surface area contributed by atoms with E-state index < -0.39 is 17.9 Å². The summed E-state index contributed by atoms with van der Waals surface area (Å²) in [5, 5.41) is 13.1. The first kappa shape index (κ1) is 15.5. The van der Waals surface area contributed by atoms with Crippen LogP contribution in [0.4, 0.5) is 0 Å². The highest BCUT2D eigenvalue weighted by Crippen LogP contribution is 2.23. The summed E-state index contributed by atoms with van der Waals surface area (Å²) < 4.78 is 10.2. The van der Waals surface area contributed by atoms with Crippen molar-refractivity contribution in [2.45, 2.75) is 38.6 Å². The first-order valence-corrected chi connectivity index (χ1v) is 7.16. The lowest BCUT2D eigenvalue weighted by molar-refractivity contribution is -0.147. The van der Waals surface area contributed by atoms with E-state index in [4.69, 9.17) is 14.4 Å². The van der Waals surface area contributed by atoms with E-state index in [0.29, 0.717) is 6.61 Å². The third-order valence-electron chi connectivity index (χ3n) is 3.82. The van der Waals surface area contributed by atoms with Gasteiger partial charge in [-0.25, -0.2) is 4.79 Å². The number of amides is 1. The van der Waals surface area contributed by atoms with Gasteiger partial charge in [0, 0.05) is 18.5 Å². The minimum atomic E-state index is -1.08. The zero-order chi connectivity index (χ0) is 15.4. The van der Waals surface area contributed by atoms with Crippen LogP contribution in [0.15, 0.2) is 10.6 Å². The lowest BCUT2D eigenvalue weighted by atomic mass is 9.99. The van der Waals surface area contributed by atoms with Crippen molar-refractivity contribution in [3.8, 4) is 0 Å². The van der Waals surface area contributed by atoms with Gasteiger partial charge in [0.15, 0.2) is 6.04 Å². The number of hydrogen-bond acceptors (Lipinski definition) is 5. The second kappa shape index (κ2) is 6.71. The Morgan fingerprint density at radius 2 is 2.19 bits per heavy atom. The minimum absolute atomic E-state index is 0.00534. The van der Waals surface area contributed by atoms with Crippen LogP contribution in [0.5, 0.6) is 0 Å². The Kier molecular flexibility index (Phi) is 4.95. The zero-order valence-corrected chi connectivity index (χ0v) is 12.2. The highest BCUT2D eigenvalue weighted by molar-refractivity contribution is 5.94. The van der Waals surface area contributed by atoms with Gasteiger partial charge in [0.2, 0.25) is 5.76 Å². The largest absolute Gasteiger partial charge is 0.480 e. The molecule has 1 saturated heterocycles. The second-order valence-corrected chi connectivity index (χ2v) is 5.06. The first-order valence-electron chi connectivity index (χ1n) is 7.16. The Morgan fingerprint density at radius 1 is 1.48 bits per heavy atom. The molecule has 1 aromatic rings. The van der Waals surface area contributed by atoms with E-state index in [1.165, 1.54) is 4.90 Å². The highest BCUT2D eigenvalue weighted by atomic mass is 16.5. The Labute approximate surface area is 122 Å². The molecule has 0 radical (unpaired) electrons. The van der Waals surface area contributed by atoms with E-state index in [0.717, 1.165) is 18.5 Å². The molecule has 0 aromatic carbocycles. The monoisotopic (exact) mass is 296 g/mol. The maximum absolute atomic E-state index is 12.4. The van der Waals surface area contributed by atoms with Gasteiger partial charge in [-0.2, -0.15) is 0 Å². The standard InChI is InChI=1S/C14H20N2O5/c1-3-9(4-2)10-7-12(21-15-10)13(17)16-5-6-20-8-11(16)14(18)19/h7,9,11H,3-6,8H2,1-2H3,(H,18,19). The van der Waals surface area contributed by atoms with Gasteiger partial charge in [-0.3, -0.25) is 4.79 Å². The van der Waals surface area contributed by atoms with Gasteiger partial charge in [-0.15, -0.1) is 0 Å². The van der Waals surface area contributed by atoms with E-state index in [9.17, 15) is 9.59 Å². The van der Waals surface area contributed by atoms with Crippen LogP contribution >= 0.6 is 0 Å². The summed E-state index contributed by atoms with van der Waals surface area (Å²) in [6.07, 6.45) is 1.82. The lowest BCUT2D eigenvalue weighted by Gasteiger charge is -2.31. The topological polar surface area (TPSA) is 92.9 Å². The fourth-order valence-electron chi connectivity index (χ4n) is 2.48. The molecule has 2 rings (SSSR count). The molecule has 1 aliphatic heterocycles. The van der Waals surface area contributed by atoms with Crippen LogP contribution in [0.2, 0.25) is 0 Å². The molecule has 1 N–H and O–H groups in total. The first-order chi connectivity index (χ1) is 10.1. The SMILES string of the molecule is CCC(CC)c1cc(C(=O)N2CCOCC2C(=O)O)on1. The smallest absolute Gasteiger partial charge is 0.328 e. The minimum Gasteiger partial charge on any atom is -0.480 e. The normalized spacial score (nSPS) is 19.0. The molecule has 7 heteroatoms. The number of carbonyl (C=O) groups excluding carboxylic acids is 1. The maximum atomic E-state index is 12.4. The van der Waals surface area contributed by atoms with Crippen molar-refractivity contribution < 1.29 is 24.0 Å². The van der Waals surface area contributed by atoms with Crippen LogP contribution in [0.25, 0.3) is 0 Å². The molecule has 116 valence electrons. The predicted octanol–water partition coefficient (Wildman–Crippen LogP) is 1.50. The number of rotatable bonds is 5. The number of hydrogen-bond donors (Lipinski definition) is 1. The molecule has 0 saturated carbocycles. The summed E-state index contributed by atoms with van der Waals surface area (Å²) in [4.78, 5) is 24.9. The molecule has 1 atom stereocenters. The average molecular weight is 296 g/mol. The van der Waals surface area contributed by atoms with Gasteiger partial charge in [-0.05, 0) is 12.8 Å². The van der Waals surface area contributed by atoms with Crippen LogP contribution < -0.4 is 0 Å². The molecule has 0 bridgehead atoms. The molecule has 0 spiro atoms. The Morgan fingerprint density at radius 3 is 2.81 bits per heavy atom. The zero-order valence-electron chi connectivity index (χ0n) is 12.2. The van der Waals surface area contributed by atoms with Crippen molar-refractivity contribution in [2.75, 3.05) is 19.8 Å². The van der Waals surface area contributed by atoms with Crippen molar-refractivity contribution in [1.82, 2.24) is 10.1 Å². The number of carboxylic acids is 1. The van der Waals surface area contributed by atoms with Gasteiger partial charge >= 0.3 is 5.97 Å². The van der Waals surface area contributed by atoms with Crippen molar-refractivity contribution >= 4 is 11.9 Å². The summed E-state index contributed by atoms with van der Waals surface area (Å²) in [6.45, 7) is 4.65. The van der Waals surface area contributed by atoms with Gasteiger partial charge in [0.25, 0.3) is 5.91 Å². The quantitative estimate of drug-likeness (QED) is 0.885. The number of aromatic nitrogens is 1. The van der Waals surface area contributed by atoms with Gasteiger partial charge in [0.1, 0.15) is 0 Å². The Balaban J connectivity index is 2.17. The molecule has 1 aromatic heterocycles. The molecular formula is C14H20N2O5. The number of aliphatic carboxylic acids is 1. The Hall–Kier alpha value is -1.89. The van der Waals surface area contributed by atoms with Crippen LogP contribution in [-0.4, -0.2) is 52.8 Å². The molecule has 1 aliphatic rings. The van der Waals surface area contributed by atoms with E-state index in [2.05, 4.69) is 5.16 Å². The number of morpholine rings is 1. The third-order valence-corrected chi connectivity index (χ3v) is 3.82. The molecule has 21 heavy (non-hydrogen) atoms. The van der Waals surface area contributed by atoms with Crippen LogP contribution in [0.1, 0.15) is 48.9 Å². The second-order valence-electron chi connectivity index (χ2n) is 5.06. The van der Waals surface area contributed by atoms with Crippen molar-refractivity contribution in [3.63, 3.8) is 0 Å². The molecule has 2 heterocycles. The fraction of sp³-hybridized carbons (Fsp3) is 0.643. The fourth-order valence-corrected chi connectivity index (χ4v) is 2.48. The summed E-state index contributed by atoms with van der Waals surface area (Å²) in [5.74, 6) is -1.20. The third kappa shape index (κ3) is 3.24. The van der Waals surface area contributed by atoms with Gasteiger partial charge < -0.3 is 19.3 Å². The molecule has 1 amide bonds. The maximum Gasteiger partial charge on any atom is 0.328 e. The van der Waals surface area contributed by atoms with E-state index in [-0.39, 0.29) is 24.8 Å². The van der Waals surface area contributed by atoms with E-state index >= 15 is 0 Å².